The minimum Gasteiger partial charge on any atom is -0.309 e. The Hall–Kier alpha value is -0.860. The molecule has 0 saturated heterocycles. The summed E-state index contributed by atoms with van der Waals surface area (Å²) < 4.78 is 0. The number of likely N-dealkylation sites (N-methyl/N-ethyl adjacent to an activating group) is 2. The second-order valence-electron chi connectivity index (χ2n) is 6.60. The van der Waals surface area contributed by atoms with E-state index in [1.165, 1.54) is 44.2 Å². The maximum absolute atomic E-state index is 3.71. The molecule has 0 heterocycles. The molecule has 2 atom stereocenters. The number of rotatable bonds is 5. The van der Waals surface area contributed by atoms with Crippen molar-refractivity contribution >= 4 is 0 Å². The minimum atomic E-state index is 0.516. The fourth-order valence-electron chi connectivity index (χ4n) is 4.19. The van der Waals surface area contributed by atoms with Crippen molar-refractivity contribution in [2.45, 2.75) is 51.1 Å². The van der Waals surface area contributed by atoms with Crippen LogP contribution in [0.1, 0.15) is 49.8 Å². The Kier molecular flexibility index (Phi) is 4.42. The van der Waals surface area contributed by atoms with Gasteiger partial charge in [0.2, 0.25) is 0 Å². The number of nitrogens with zero attached hydrogens (tertiary/aromatic N) is 1. The topological polar surface area (TPSA) is 15.3 Å². The second kappa shape index (κ2) is 6.28. The Morgan fingerprint density at radius 3 is 2.70 bits per heavy atom. The van der Waals surface area contributed by atoms with Gasteiger partial charge in [0.1, 0.15) is 0 Å². The maximum Gasteiger partial charge on any atom is 0.0483 e. The first-order valence-electron chi connectivity index (χ1n) is 8.31. The Balaban J connectivity index is 1.72. The average Bonchev–Trinajstić information content (AvgIpc) is 3.07. The van der Waals surface area contributed by atoms with Crippen LogP contribution in [0.5, 0.6) is 0 Å². The van der Waals surface area contributed by atoms with E-state index in [0.29, 0.717) is 12.1 Å². The van der Waals surface area contributed by atoms with Crippen molar-refractivity contribution in [2.24, 2.45) is 5.92 Å². The van der Waals surface area contributed by atoms with E-state index in [9.17, 15) is 0 Å². The molecule has 110 valence electrons. The summed E-state index contributed by atoms with van der Waals surface area (Å²) in [7, 11) is 2.33. The Morgan fingerprint density at radius 1 is 1.20 bits per heavy atom. The van der Waals surface area contributed by atoms with Crippen LogP contribution in [-0.2, 0) is 6.42 Å². The van der Waals surface area contributed by atoms with Crippen molar-refractivity contribution in [3.63, 3.8) is 0 Å². The molecule has 1 saturated carbocycles. The molecule has 2 aliphatic rings. The van der Waals surface area contributed by atoms with Gasteiger partial charge in [-0.3, -0.25) is 0 Å². The van der Waals surface area contributed by atoms with Gasteiger partial charge in [0, 0.05) is 18.6 Å². The van der Waals surface area contributed by atoms with E-state index >= 15 is 0 Å². The van der Waals surface area contributed by atoms with Crippen molar-refractivity contribution in [3.05, 3.63) is 35.4 Å². The summed E-state index contributed by atoms with van der Waals surface area (Å²) >= 11 is 0. The SMILES string of the molecule is CCNC1c2ccccc2CC1N(C)CC1CCCC1. The third-order valence-electron chi connectivity index (χ3n) is 5.22. The van der Waals surface area contributed by atoms with E-state index in [1.54, 1.807) is 5.56 Å². The van der Waals surface area contributed by atoms with E-state index < -0.39 is 0 Å². The molecule has 0 aliphatic heterocycles. The van der Waals surface area contributed by atoms with E-state index in [4.69, 9.17) is 0 Å². The van der Waals surface area contributed by atoms with Gasteiger partial charge in [-0.1, -0.05) is 44.0 Å². The summed E-state index contributed by atoms with van der Waals surface area (Å²) in [6.07, 6.45) is 6.98. The van der Waals surface area contributed by atoms with E-state index in [0.717, 1.165) is 12.5 Å². The predicted octanol–water partition coefficient (Wildman–Crippen LogP) is 3.38. The second-order valence-corrected chi connectivity index (χ2v) is 6.60. The predicted molar refractivity (Wildman–Crippen MR) is 84.9 cm³/mol. The summed E-state index contributed by atoms with van der Waals surface area (Å²) in [6, 6.07) is 10.1. The van der Waals surface area contributed by atoms with Crippen molar-refractivity contribution < 1.29 is 0 Å². The fraction of sp³-hybridized carbons (Fsp3) is 0.667. The Bertz CT molecular complexity index is 437. The van der Waals surface area contributed by atoms with Gasteiger partial charge in [0.25, 0.3) is 0 Å². The molecular weight excluding hydrogens is 244 g/mol. The molecule has 20 heavy (non-hydrogen) atoms. The van der Waals surface area contributed by atoms with Crippen LogP contribution in [0.4, 0.5) is 0 Å². The molecule has 1 aromatic carbocycles. The summed E-state index contributed by atoms with van der Waals surface area (Å²) in [5.74, 6) is 0.936. The van der Waals surface area contributed by atoms with E-state index in [-0.39, 0.29) is 0 Å². The molecule has 0 amide bonds. The third-order valence-corrected chi connectivity index (χ3v) is 5.22. The molecule has 1 aromatic rings. The fourth-order valence-corrected chi connectivity index (χ4v) is 4.19. The molecule has 1 fully saturated rings. The quantitative estimate of drug-likeness (QED) is 0.884. The molecule has 2 heteroatoms. The van der Waals surface area contributed by atoms with Gasteiger partial charge >= 0.3 is 0 Å². The van der Waals surface area contributed by atoms with Crippen LogP contribution in [0.25, 0.3) is 0 Å². The molecule has 2 nitrogen and oxygen atoms in total. The van der Waals surface area contributed by atoms with Gasteiger partial charge in [-0.15, -0.1) is 0 Å². The van der Waals surface area contributed by atoms with Crippen LogP contribution in [0.2, 0.25) is 0 Å². The highest BCUT2D eigenvalue weighted by molar-refractivity contribution is 5.37. The van der Waals surface area contributed by atoms with E-state index in [1.807, 2.05) is 0 Å². The van der Waals surface area contributed by atoms with Crippen LogP contribution in [0, 0.1) is 5.92 Å². The largest absolute Gasteiger partial charge is 0.309 e. The minimum absolute atomic E-state index is 0.516. The molecule has 2 unspecified atom stereocenters. The molecule has 0 radical (unpaired) electrons. The van der Waals surface area contributed by atoms with Gasteiger partial charge in [-0.05, 0) is 49.9 Å². The summed E-state index contributed by atoms with van der Waals surface area (Å²) in [6.45, 7) is 4.54. The smallest absolute Gasteiger partial charge is 0.0483 e. The molecule has 3 rings (SSSR count). The Morgan fingerprint density at radius 2 is 1.95 bits per heavy atom. The van der Waals surface area contributed by atoms with E-state index in [2.05, 4.69) is 48.5 Å². The van der Waals surface area contributed by atoms with Crippen LogP contribution < -0.4 is 5.32 Å². The first kappa shape index (κ1) is 14.1. The maximum atomic E-state index is 3.71. The number of hydrogen-bond acceptors (Lipinski definition) is 2. The van der Waals surface area contributed by atoms with Gasteiger partial charge in [-0.25, -0.2) is 0 Å². The number of hydrogen-bond donors (Lipinski definition) is 1. The number of benzene rings is 1. The highest BCUT2D eigenvalue weighted by atomic mass is 15.2. The molecule has 0 aromatic heterocycles. The Labute approximate surface area is 123 Å². The summed E-state index contributed by atoms with van der Waals surface area (Å²) in [5, 5.41) is 3.71. The lowest BCUT2D eigenvalue weighted by molar-refractivity contribution is 0.178. The van der Waals surface area contributed by atoms with Gasteiger partial charge in [0.15, 0.2) is 0 Å². The van der Waals surface area contributed by atoms with Gasteiger partial charge in [-0.2, -0.15) is 0 Å². The van der Waals surface area contributed by atoms with Crippen LogP contribution in [0.15, 0.2) is 24.3 Å². The van der Waals surface area contributed by atoms with Crippen LogP contribution >= 0.6 is 0 Å². The first-order valence-corrected chi connectivity index (χ1v) is 8.31. The molecule has 0 bridgehead atoms. The zero-order chi connectivity index (χ0) is 13.9. The van der Waals surface area contributed by atoms with Crippen molar-refractivity contribution in [2.75, 3.05) is 20.1 Å². The van der Waals surface area contributed by atoms with Crippen molar-refractivity contribution in [1.82, 2.24) is 10.2 Å². The van der Waals surface area contributed by atoms with Crippen LogP contribution in [-0.4, -0.2) is 31.1 Å². The normalized spacial score (nSPS) is 26.4. The zero-order valence-electron chi connectivity index (χ0n) is 12.9. The van der Waals surface area contributed by atoms with Gasteiger partial charge in [0.05, 0.1) is 0 Å². The third kappa shape index (κ3) is 2.77. The lowest BCUT2D eigenvalue weighted by Crippen LogP contribution is -2.42. The molecular formula is C18H28N2. The molecule has 0 spiro atoms. The number of nitrogens with one attached hydrogen (secondary N) is 1. The lowest BCUT2D eigenvalue weighted by atomic mass is 10.0. The number of fused-ring (bicyclic) bond motifs is 1. The lowest BCUT2D eigenvalue weighted by Gasteiger charge is -2.32. The monoisotopic (exact) mass is 272 g/mol. The molecule has 2 aliphatic carbocycles. The van der Waals surface area contributed by atoms with Crippen molar-refractivity contribution in [1.29, 1.82) is 0 Å². The highest BCUT2D eigenvalue weighted by Gasteiger charge is 2.34. The highest BCUT2D eigenvalue weighted by Crippen LogP contribution is 2.35. The zero-order valence-corrected chi connectivity index (χ0v) is 12.9. The standard InChI is InChI=1S/C18H28N2/c1-3-19-18-16-11-7-6-10-15(16)12-17(18)20(2)13-14-8-4-5-9-14/h6-7,10-11,14,17-19H,3-5,8-9,12-13H2,1-2H3. The van der Waals surface area contributed by atoms with Gasteiger partial charge < -0.3 is 10.2 Å². The average molecular weight is 272 g/mol. The molecule has 1 N–H and O–H groups in total. The summed E-state index contributed by atoms with van der Waals surface area (Å²) in [4.78, 5) is 2.63. The van der Waals surface area contributed by atoms with Crippen molar-refractivity contribution in [3.8, 4) is 0 Å². The first-order chi connectivity index (χ1) is 9.79. The summed E-state index contributed by atoms with van der Waals surface area (Å²) in [5.41, 5.74) is 3.07. The van der Waals surface area contributed by atoms with Crippen LogP contribution in [0.3, 0.4) is 0 Å².